The number of pyridine rings is 1. The van der Waals surface area contributed by atoms with Gasteiger partial charge in [-0.3, -0.25) is 4.98 Å². The first-order valence-electron chi connectivity index (χ1n) is 4.15. The maximum Gasteiger partial charge on any atom is 0.141 e. The summed E-state index contributed by atoms with van der Waals surface area (Å²) in [5, 5.41) is 3.57. The van der Waals surface area contributed by atoms with Gasteiger partial charge in [0, 0.05) is 25.0 Å². The van der Waals surface area contributed by atoms with Gasteiger partial charge in [-0.05, 0) is 14.0 Å². The van der Waals surface area contributed by atoms with Crippen molar-refractivity contribution in [2.75, 3.05) is 13.6 Å². The molecule has 1 N–H and O–H groups in total. The smallest absolute Gasteiger partial charge is 0.141 e. The van der Waals surface area contributed by atoms with E-state index < -0.39 is 0 Å². The van der Waals surface area contributed by atoms with E-state index in [1.807, 2.05) is 14.0 Å². The van der Waals surface area contributed by atoms with Crippen molar-refractivity contribution in [3.63, 3.8) is 0 Å². The Balaban J connectivity index is 2.58. The van der Waals surface area contributed by atoms with E-state index in [-0.39, 0.29) is 6.10 Å². The van der Waals surface area contributed by atoms with Crippen LogP contribution in [0.15, 0.2) is 18.5 Å². The van der Waals surface area contributed by atoms with Crippen LogP contribution in [0.3, 0.4) is 0 Å². The van der Waals surface area contributed by atoms with Crippen molar-refractivity contribution < 1.29 is 4.74 Å². The number of nitrogens with one attached hydrogen (secondary N) is 1. The van der Waals surface area contributed by atoms with Crippen LogP contribution in [0.25, 0.3) is 0 Å². The van der Waals surface area contributed by atoms with Crippen LogP contribution in [0.2, 0.25) is 5.02 Å². The molecule has 0 aliphatic carbocycles. The van der Waals surface area contributed by atoms with E-state index in [2.05, 4.69) is 10.3 Å². The third kappa shape index (κ3) is 3.20. The normalized spacial score (nSPS) is 12.5. The van der Waals surface area contributed by atoms with Crippen LogP contribution in [0.5, 0.6) is 5.75 Å². The number of halogens is 1. The second kappa shape index (κ2) is 5.04. The van der Waals surface area contributed by atoms with Crippen molar-refractivity contribution in [1.29, 1.82) is 0 Å². The summed E-state index contributed by atoms with van der Waals surface area (Å²) in [4.78, 5) is 3.87. The quantitative estimate of drug-likeness (QED) is 0.804. The van der Waals surface area contributed by atoms with E-state index in [4.69, 9.17) is 16.3 Å². The minimum absolute atomic E-state index is 0.102. The molecule has 0 radical (unpaired) electrons. The predicted octanol–water partition coefficient (Wildman–Crippen LogP) is 1.72. The first-order valence-corrected chi connectivity index (χ1v) is 4.52. The summed E-state index contributed by atoms with van der Waals surface area (Å²) in [6, 6.07) is 1.76. The van der Waals surface area contributed by atoms with Crippen molar-refractivity contribution in [1.82, 2.24) is 10.3 Å². The molecule has 0 bridgehead atoms. The predicted molar refractivity (Wildman–Crippen MR) is 53.3 cm³/mol. The molecule has 0 saturated carbocycles. The Bertz CT molecular complexity index is 268. The van der Waals surface area contributed by atoms with Crippen LogP contribution < -0.4 is 10.1 Å². The molecule has 3 nitrogen and oxygen atoms in total. The largest absolute Gasteiger partial charge is 0.488 e. The maximum atomic E-state index is 5.86. The molecule has 1 atom stereocenters. The summed E-state index contributed by atoms with van der Waals surface area (Å²) in [6.07, 6.45) is 3.33. The Morgan fingerprint density at radius 3 is 3.08 bits per heavy atom. The molecule has 0 amide bonds. The fourth-order valence-corrected chi connectivity index (χ4v) is 1.17. The van der Waals surface area contributed by atoms with Crippen LogP contribution >= 0.6 is 11.6 Å². The standard InChI is InChI=1S/C9H13ClN2O/c1-7(5-11-2)13-9-3-4-12-6-8(9)10/h3-4,6-7,11H,5H2,1-2H3. The number of aromatic nitrogens is 1. The molecule has 0 saturated heterocycles. The van der Waals surface area contributed by atoms with Crippen LogP contribution in [0.1, 0.15) is 6.92 Å². The molecule has 0 spiro atoms. The number of hydrogen-bond donors (Lipinski definition) is 1. The van der Waals surface area contributed by atoms with Crippen molar-refractivity contribution in [2.24, 2.45) is 0 Å². The second-order valence-electron chi connectivity index (χ2n) is 2.79. The summed E-state index contributed by atoms with van der Waals surface area (Å²) in [5.74, 6) is 0.680. The monoisotopic (exact) mass is 200 g/mol. The van der Waals surface area contributed by atoms with Gasteiger partial charge in [0.1, 0.15) is 16.9 Å². The Hall–Kier alpha value is -0.800. The minimum Gasteiger partial charge on any atom is -0.488 e. The summed E-state index contributed by atoms with van der Waals surface area (Å²) in [7, 11) is 1.88. The van der Waals surface area contributed by atoms with Gasteiger partial charge in [-0.25, -0.2) is 0 Å². The van der Waals surface area contributed by atoms with Crippen LogP contribution in [0, 0.1) is 0 Å². The lowest BCUT2D eigenvalue weighted by atomic mass is 10.4. The molecule has 1 unspecified atom stereocenters. The molecule has 1 rings (SSSR count). The fourth-order valence-electron chi connectivity index (χ4n) is 1.00. The third-order valence-electron chi connectivity index (χ3n) is 1.55. The Kier molecular flexibility index (Phi) is 3.99. The summed E-state index contributed by atoms with van der Waals surface area (Å²) < 4.78 is 5.55. The van der Waals surface area contributed by atoms with E-state index in [9.17, 15) is 0 Å². The average Bonchev–Trinajstić information content (AvgIpc) is 2.09. The highest BCUT2D eigenvalue weighted by Gasteiger charge is 2.05. The molecule has 4 heteroatoms. The summed E-state index contributed by atoms with van der Waals surface area (Å²) >= 11 is 5.86. The van der Waals surface area contributed by atoms with Gasteiger partial charge in [0.25, 0.3) is 0 Å². The van der Waals surface area contributed by atoms with Gasteiger partial charge in [0.15, 0.2) is 0 Å². The molecule has 1 heterocycles. The lowest BCUT2D eigenvalue weighted by molar-refractivity contribution is 0.220. The van der Waals surface area contributed by atoms with Crippen molar-refractivity contribution in [3.05, 3.63) is 23.5 Å². The van der Waals surface area contributed by atoms with Crippen LogP contribution in [-0.4, -0.2) is 24.7 Å². The summed E-state index contributed by atoms with van der Waals surface area (Å²) in [5.41, 5.74) is 0. The first-order chi connectivity index (χ1) is 6.24. The highest BCUT2D eigenvalue weighted by molar-refractivity contribution is 6.31. The number of ether oxygens (including phenoxy) is 1. The first kappa shape index (κ1) is 10.3. The van der Waals surface area contributed by atoms with Gasteiger partial charge < -0.3 is 10.1 Å². The van der Waals surface area contributed by atoms with Gasteiger partial charge in [-0.2, -0.15) is 0 Å². The highest BCUT2D eigenvalue weighted by Crippen LogP contribution is 2.22. The molecule has 72 valence electrons. The fraction of sp³-hybridized carbons (Fsp3) is 0.444. The lowest BCUT2D eigenvalue weighted by Gasteiger charge is -2.14. The SMILES string of the molecule is CNCC(C)Oc1ccncc1Cl. The van der Waals surface area contributed by atoms with E-state index in [0.717, 1.165) is 6.54 Å². The molecule has 0 fully saturated rings. The molecular formula is C9H13ClN2O. The molecule has 0 aliphatic rings. The van der Waals surface area contributed by atoms with Gasteiger partial charge in [0.05, 0.1) is 0 Å². The highest BCUT2D eigenvalue weighted by atomic mass is 35.5. The average molecular weight is 201 g/mol. The van der Waals surface area contributed by atoms with Crippen LogP contribution in [0.4, 0.5) is 0 Å². The van der Waals surface area contributed by atoms with Crippen molar-refractivity contribution >= 4 is 11.6 Å². The van der Waals surface area contributed by atoms with E-state index >= 15 is 0 Å². The number of nitrogens with zero attached hydrogens (tertiary/aromatic N) is 1. The molecule has 0 aromatic carbocycles. The van der Waals surface area contributed by atoms with Gasteiger partial charge in [-0.15, -0.1) is 0 Å². The van der Waals surface area contributed by atoms with Gasteiger partial charge in [0.2, 0.25) is 0 Å². The zero-order chi connectivity index (χ0) is 9.68. The Labute approximate surface area is 83.1 Å². The molecule has 1 aromatic heterocycles. The van der Waals surface area contributed by atoms with Gasteiger partial charge in [-0.1, -0.05) is 11.6 Å². The maximum absolute atomic E-state index is 5.86. The minimum atomic E-state index is 0.102. The molecule has 0 aliphatic heterocycles. The second-order valence-corrected chi connectivity index (χ2v) is 3.20. The zero-order valence-corrected chi connectivity index (χ0v) is 8.51. The lowest BCUT2D eigenvalue weighted by Crippen LogP contribution is -2.26. The number of hydrogen-bond acceptors (Lipinski definition) is 3. The number of rotatable bonds is 4. The number of likely N-dealkylation sites (N-methyl/N-ethyl adjacent to an activating group) is 1. The Morgan fingerprint density at radius 1 is 1.69 bits per heavy atom. The van der Waals surface area contributed by atoms with Gasteiger partial charge >= 0.3 is 0 Å². The molecule has 1 aromatic rings. The molecular weight excluding hydrogens is 188 g/mol. The van der Waals surface area contributed by atoms with Crippen molar-refractivity contribution in [2.45, 2.75) is 13.0 Å². The third-order valence-corrected chi connectivity index (χ3v) is 1.84. The van der Waals surface area contributed by atoms with E-state index in [0.29, 0.717) is 10.8 Å². The Morgan fingerprint density at radius 2 is 2.46 bits per heavy atom. The van der Waals surface area contributed by atoms with Crippen molar-refractivity contribution in [3.8, 4) is 5.75 Å². The van der Waals surface area contributed by atoms with E-state index in [1.54, 1.807) is 18.5 Å². The molecule has 13 heavy (non-hydrogen) atoms. The van der Waals surface area contributed by atoms with Crippen LogP contribution in [-0.2, 0) is 0 Å². The topological polar surface area (TPSA) is 34.1 Å². The van der Waals surface area contributed by atoms with E-state index in [1.165, 1.54) is 0 Å². The summed E-state index contributed by atoms with van der Waals surface area (Å²) in [6.45, 7) is 2.77. The zero-order valence-electron chi connectivity index (χ0n) is 7.75.